The average molecular weight is 535 g/mol. The van der Waals surface area contributed by atoms with E-state index in [2.05, 4.69) is 26.2 Å². The molecular weight excluding hydrogens is 512 g/mol. The van der Waals surface area contributed by atoms with Crippen LogP contribution in [0.3, 0.4) is 0 Å². The number of carbonyl (C=O) groups is 2. The third kappa shape index (κ3) is 4.86. The molecule has 0 unspecified atom stereocenters. The Kier molecular flexibility index (Phi) is 7.23. The number of nitrogens with zero attached hydrogens (tertiary/aromatic N) is 3. The molecule has 2 aromatic rings. The number of carboxylic acids is 1. The number of halogens is 1. The molecule has 2 N–H and O–H groups in total. The van der Waals surface area contributed by atoms with Crippen LogP contribution in [-0.2, 0) is 19.1 Å². The number of hydrogen-bond donors (Lipinski definition) is 2. The molecule has 1 saturated heterocycles. The van der Waals surface area contributed by atoms with Gasteiger partial charge in [-0.1, -0.05) is 34.1 Å². The molecule has 0 amide bonds. The van der Waals surface area contributed by atoms with Crippen molar-refractivity contribution in [1.29, 1.82) is 0 Å². The summed E-state index contributed by atoms with van der Waals surface area (Å²) in [6, 6.07) is 6.02. The molecule has 33 heavy (non-hydrogen) atoms. The monoisotopic (exact) mass is 534 g/mol. The van der Waals surface area contributed by atoms with Crippen LogP contribution in [0.5, 0.6) is 0 Å². The number of carboxylic acid groups (broad SMARTS) is 1. The van der Waals surface area contributed by atoms with E-state index < -0.39 is 30.1 Å². The first-order valence-electron chi connectivity index (χ1n) is 10.3. The van der Waals surface area contributed by atoms with Crippen LogP contribution in [0.4, 0.5) is 0 Å². The summed E-state index contributed by atoms with van der Waals surface area (Å²) in [5, 5.41) is 15.6. The number of nitrogens with one attached hydrogen (secondary N) is 1. The van der Waals surface area contributed by atoms with Gasteiger partial charge in [0, 0.05) is 34.8 Å². The first-order valence-corrected chi connectivity index (χ1v) is 12.0. The van der Waals surface area contributed by atoms with Crippen LogP contribution in [0, 0.1) is 0 Å². The second kappa shape index (κ2) is 10.1. The molecule has 3 atom stereocenters. The van der Waals surface area contributed by atoms with Crippen LogP contribution in [0.2, 0.25) is 0 Å². The maximum atomic E-state index is 13.0. The predicted octanol–water partition coefficient (Wildman–Crippen LogP) is 2.60. The number of ether oxygens (including phenoxy) is 2. The third-order valence-corrected chi connectivity index (χ3v) is 7.08. The number of carbonyl (C=O) groups excluding carboxylic acids is 1. The average Bonchev–Trinajstić information content (AvgIpc) is 3.33. The topological polar surface area (TPSA) is 113 Å². The molecule has 0 aliphatic carbocycles. The number of rotatable bonds is 6. The maximum absolute atomic E-state index is 13.0. The van der Waals surface area contributed by atoms with E-state index in [1.807, 2.05) is 29.6 Å². The van der Waals surface area contributed by atoms with Gasteiger partial charge in [-0.05, 0) is 18.6 Å². The highest BCUT2D eigenvalue weighted by Crippen LogP contribution is 2.36. The van der Waals surface area contributed by atoms with Gasteiger partial charge in [0.05, 0.1) is 25.4 Å². The molecule has 11 heteroatoms. The number of aliphatic carboxylic acids is 1. The molecule has 2 aliphatic heterocycles. The van der Waals surface area contributed by atoms with Crippen molar-refractivity contribution in [2.75, 3.05) is 26.8 Å². The summed E-state index contributed by atoms with van der Waals surface area (Å²) in [6.07, 6.45) is 1.19. The minimum Gasteiger partial charge on any atom is -0.480 e. The SMILES string of the molecule is COC(=O)C1=C(CN2CCO[C@H](C)[C@H]2C(=O)O)NC(c2nccs2)=N[C@H]1c1ccccc1Br. The molecule has 0 radical (unpaired) electrons. The van der Waals surface area contributed by atoms with Crippen LogP contribution in [0.15, 0.2) is 56.6 Å². The number of esters is 1. The summed E-state index contributed by atoms with van der Waals surface area (Å²) in [7, 11) is 1.32. The number of hydrogen-bond acceptors (Lipinski definition) is 9. The zero-order valence-electron chi connectivity index (χ0n) is 18.0. The molecule has 1 fully saturated rings. The first-order chi connectivity index (χ1) is 15.9. The molecule has 2 aliphatic rings. The Labute approximate surface area is 203 Å². The lowest BCUT2D eigenvalue weighted by Gasteiger charge is -2.38. The summed E-state index contributed by atoms with van der Waals surface area (Å²) < 4.78 is 11.5. The van der Waals surface area contributed by atoms with Crippen molar-refractivity contribution in [1.82, 2.24) is 15.2 Å². The number of aromatic nitrogens is 1. The Bertz CT molecular complexity index is 1100. The van der Waals surface area contributed by atoms with Crippen LogP contribution >= 0.6 is 27.3 Å². The van der Waals surface area contributed by atoms with Crippen molar-refractivity contribution in [2.24, 2.45) is 4.99 Å². The van der Waals surface area contributed by atoms with Gasteiger partial charge in [0.1, 0.15) is 12.1 Å². The van der Waals surface area contributed by atoms with Gasteiger partial charge in [0.25, 0.3) is 0 Å². The number of benzene rings is 1. The fourth-order valence-electron chi connectivity index (χ4n) is 4.06. The molecule has 1 aromatic carbocycles. The summed E-state index contributed by atoms with van der Waals surface area (Å²) in [5.74, 6) is -0.996. The number of methoxy groups -OCH3 is 1. The fraction of sp³-hybridized carbons (Fsp3) is 0.364. The summed E-state index contributed by atoms with van der Waals surface area (Å²) in [5.41, 5.74) is 1.65. The van der Waals surface area contributed by atoms with Crippen molar-refractivity contribution < 1.29 is 24.2 Å². The molecule has 0 spiro atoms. The molecule has 0 bridgehead atoms. The van der Waals surface area contributed by atoms with Crippen molar-refractivity contribution in [3.8, 4) is 0 Å². The lowest BCUT2D eigenvalue weighted by atomic mass is 9.95. The Morgan fingerprint density at radius 3 is 2.85 bits per heavy atom. The Morgan fingerprint density at radius 1 is 1.39 bits per heavy atom. The van der Waals surface area contributed by atoms with Crippen LogP contribution in [-0.4, -0.2) is 71.7 Å². The third-order valence-electron chi connectivity index (χ3n) is 5.58. The van der Waals surface area contributed by atoms with Crippen molar-refractivity contribution >= 4 is 45.0 Å². The van der Waals surface area contributed by atoms with Gasteiger partial charge in [0.2, 0.25) is 0 Å². The van der Waals surface area contributed by atoms with E-state index in [4.69, 9.17) is 14.5 Å². The smallest absolute Gasteiger partial charge is 0.338 e. The summed E-state index contributed by atoms with van der Waals surface area (Å²) in [6.45, 7) is 2.72. The second-order valence-corrected chi connectivity index (χ2v) is 9.33. The van der Waals surface area contributed by atoms with Crippen LogP contribution in [0.1, 0.15) is 23.5 Å². The van der Waals surface area contributed by atoms with Gasteiger partial charge in [-0.3, -0.25) is 14.7 Å². The highest BCUT2D eigenvalue weighted by atomic mass is 79.9. The highest BCUT2D eigenvalue weighted by molar-refractivity contribution is 9.10. The lowest BCUT2D eigenvalue weighted by molar-refractivity contribution is -0.155. The van der Waals surface area contributed by atoms with Crippen LogP contribution < -0.4 is 5.32 Å². The summed E-state index contributed by atoms with van der Waals surface area (Å²) >= 11 is 4.99. The molecule has 174 valence electrons. The Morgan fingerprint density at radius 2 is 2.18 bits per heavy atom. The summed E-state index contributed by atoms with van der Waals surface area (Å²) in [4.78, 5) is 36.0. The van der Waals surface area contributed by atoms with E-state index in [1.165, 1.54) is 18.4 Å². The number of morpholine rings is 1. The van der Waals surface area contributed by atoms with Crippen molar-refractivity contribution in [3.05, 3.63) is 62.2 Å². The Balaban J connectivity index is 1.82. The van der Waals surface area contributed by atoms with Crippen molar-refractivity contribution in [2.45, 2.75) is 25.1 Å². The van der Waals surface area contributed by atoms with Crippen LogP contribution in [0.25, 0.3) is 0 Å². The molecule has 1 aromatic heterocycles. The maximum Gasteiger partial charge on any atom is 0.338 e. The second-order valence-electron chi connectivity index (χ2n) is 7.58. The zero-order chi connectivity index (χ0) is 23.5. The standard InChI is InChI=1S/C22H23BrN4O5S/c1-12-18(21(28)29)27(8-9-32-12)11-15-16(22(30)31-2)17(13-5-3-4-6-14(13)23)26-19(25-15)20-24-7-10-33-20/h3-7,10,12,17-18H,8-9,11H2,1-2H3,(H,25,26)(H,28,29)/t12-,17+,18+/m1/s1. The van der Waals surface area contributed by atoms with E-state index >= 15 is 0 Å². The van der Waals surface area contributed by atoms with E-state index in [0.29, 0.717) is 35.3 Å². The van der Waals surface area contributed by atoms with Gasteiger partial charge < -0.3 is 19.9 Å². The molecule has 9 nitrogen and oxygen atoms in total. The molecular formula is C22H23BrN4O5S. The first kappa shape index (κ1) is 23.6. The largest absolute Gasteiger partial charge is 0.480 e. The normalized spacial score (nSPS) is 23.6. The van der Waals surface area contributed by atoms with Gasteiger partial charge >= 0.3 is 11.9 Å². The number of amidine groups is 1. The highest BCUT2D eigenvalue weighted by Gasteiger charge is 2.39. The zero-order valence-corrected chi connectivity index (χ0v) is 20.4. The van der Waals surface area contributed by atoms with E-state index in [9.17, 15) is 14.7 Å². The molecule has 3 heterocycles. The minimum absolute atomic E-state index is 0.181. The Hall–Kier alpha value is -2.60. The van der Waals surface area contributed by atoms with Gasteiger partial charge in [-0.15, -0.1) is 11.3 Å². The van der Waals surface area contributed by atoms with Gasteiger partial charge in [0.15, 0.2) is 10.8 Å². The van der Waals surface area contributed by atoms with E-state index in [-0.39, 0.29) is 6.54 Å². The van der Waals surface area contributed by atoms with Gasteiger partial charge in [-0.2, -0.15) is 0 Å². The number of aliphatic imine (C=N–C) groups is 1. The van der Waals surface area contributed by atoms with Gasteiger partial charge in [-0.25, -0.2) is 9.78 Å². The quantitative estimate of drug-likeness (QED) is 0.543. The fourth-order valence-corrected chi connectivity index (χ4v) is 5.15. The van der Waals surface area contributed by atoms with E-state index in [0.717, 1.165) is 10.0 Å². The molecule has 0 saturated carbocycles. The minimum atomic E-state index is -0.977. The predicted molar refractivity (Wildman–Crippen MR) is 126 cm³/mol. The number of thiazole rings is 1. The molecule has 4 rings (SSSR count). The van der Waals surface area contributed by atoms with Crippen molar-refractivity contribution in [3.63, 3.8) is 0 Å². The van der Waals surface area contributed by atoms with E-state index in [1.54, 1.807) is 18.0 Å². The lowest BCUT2D eigenvalue weighted by Crippen LogP contribution is -2.56.